The molecule has 1 unspecified atom stereocenters. The highest BCUT2D eigenvalue weighted by Crippen LogP contribution is 2.15. The van der Waals surface area contributed by atoms with Crippen molar-refractivity contribution in [3.8, 4) is 0 Å². The maximum Gasteiger partial charge on any atom is 0.0454 e. The molecule has 0 spiro atoms. The molecule has 2 heteroatoms. The van der Waals surface area contributed by atoms with E-state index in [1.165, 1.54) is 35.7 Å². The molecule has 0 radical (unpaired) electrons. The lowest BCUT2D eigenvalue weighted by atomic mass is 10.0. The molecular formula is C15H18N2. The van der Waals surface area contributed by atoms with Gasteiger partial charge in [0.15, 0.2) is 0 Å². The lowest BCUT2D eigenvalue weighted by Crippen LogP contribution is -2.29. The van der Waals surface area contributed by atoms with Crippen LogP contribution in [0.25, 0.3) is 10.9 Å². The van der Waals surface area contributed by atoms with Crippen molar-refractivity contribution in [2.75, 3.05) is 0 Å². The summed E-state index contributed by atoms with van der Waals surface area (Å²) in [5, 5.41) is 4.93. The van der Waals surface area contributed by atoms with Crippen LogP contribution in [0.5, 0.6) is 0 Å². The Bertz CT molecular complexity index is 524. The third kappa shape index (κ3) is 2.42. The van der Waals surface area contributed by atoms with Gasteiger partial charge in [0.1, 0.15) is 0 Å². The van der Waals surface area contributed by atoms with Crippen LogP contribution in [0.15, 0.2) is 42.6 Å². The molecule has 0 amide bonds. The van der Waals surface area contributed by atoms with Crippen molar-refractivity contribution >= 4 is 10.9 Å². The summed E-state index contributed by atoms with van der Waals surface area (Å²) in [6.07, 6.45) is 10.2. The fraction of sp³-hybridized carbons (Fsp3) is 0.333. The molecule has 1 heterocycles. The second kappa shape index (κ2) is 4.76. The number of hydrogen-bond donors (Lipinski definition) is 2. The standard InChI is InChI=1S/C15H18N2/c1-2-4-14(5-3-1)17-11-12-6-7-15-13(10-12)8-9-16-15/h1-2,6-10,14,16-17H,3-5,11H2. The van der Waals surface area contributed by atoms with E-state index in [-0.39, 0.29) is 0 Å². The van der Waals surface area contributed by atoms with Crippen LogP contribution in [-0.4, -0.2) is 11.0 Å². The van der Waals surface area contributed by atoms with E-state index < -0.39 is 0 Å². The largest absolute Gasteiger partial charge is 0.361 e. The lowest BCUT2D eigenvalue weighted by molar-refractivity contribution is 0.474. The topological polar surface area (TPSA) is 27.8 Å². The highest BCUT2D eigenvalue weighted by molar-refractivity contribution is 5.79. The van der Waals surface area contributed by atoms with Gasteiger partial charge >= 0.3 is 0 Å². The van der Waals surface area contributed by atoms with Crippen molar-refractivity contribution < 1.29 is 0 Å². The van der Waals surface area contributed by atoms with E-state index in [0.29, 0.717) is 6.04 Å². The van der Waals surface area contributed by atoms with Gasteiger partial charge in [-0.1, -0.05) is 18.2 Å². The van der Waals surface area contributed by atoms with Crippen LogP contribution in [0.2, 0.25) is 0 Å². The second-order valence-electron chi connectivity index (χ2n) is 4.76. The predicted octanol–water partition coefficient (Wildman–Crippen LogP) is 3.37. The average molecular weight is 226 g/mol. The number of rotatable bonds is 3. The molecule has 0 saturated carbocycles. The van der Waals surface area contributed by atoms with Crippen LogP contribution in [0.4, 0.5) is 0 Å². The van der Waals surface area contributed by atoms with Crippen LogP contribution in [0.3, 0.4) is 0 Å². The average Bonchev–Trinajstić information content (AvgIpc) is 2.85. The van der Waals surface area contributed by atoms with Gasteiger partial charge in [-0.3, -0.25) is 0 Å². The summed E-state index contributed by atoms with van der Waals surface area (Å²) >= 11 is 0. The molecule has 0 fully saturated rings. The maximum absolute atomic E-state index is 3.63. The fourth-order valence-electron chi connectivity index (χ4n) is 2.45. The van der Waals surface area contributed by atoms with Gasteiger partial charge in [0.25, 0.3) is 0 Å². The SMILES string of the molecule is C1=CCC(NCc2ccc3[nH]ccc3c2)CC1. The van der Waals surface area contributed by atoms with Gasteiger partial charge in [0.2, 0.25) is 0 Å². The number of nitrogens with one attached hydrogen (secondary N) is 2. The normalized spacial score (nSPS) is 19.9. The third-order valence-electron chi connectivity index (χ3n) is 3.48. The van der Waals surface area contributed by atoms with E-state index >= 15 is 0 Å². The fourth-order valence-corrected chi connectivity index (χ4v) is 2.45. The number of hydrogen-bond acceptors (Lipinski definition) is 1. The Kier molecular flexibility index (Phi) is 2.97. The van der Waals surface area contributed by atoms with Gasteiger partial charge in [-0.05, 0) is 48.4 Å². The van der Waals surface area contributed by atoms with E-state index in [4.69, 9.17) is 0 Å². The summed E-state index contributed by atoms with van der Waals surface area (Å²) in [4.78, 5) is 3.22. The molecule has 0 saturated heterocycles. The van der Waals surface area contributed by atoms with Crippen LogP contribution in [-0.2, 0) is 6.54 Å². The highest BCUT2D eigenvalue weighted by atomic mass is 14.9. The van der Waals surface area contributed by atoms with E-state index in [2.05, 4.69) is 46.7 Å². The first-order valence-electron chi connectivity index (χ1n) is 6.36. The number of H-pyrrole nitrogens is 1. The van der Waals surface area contributed by atoms with Gasteiger partial charge in [-0.15, -0.1) is 0 Å². The van der Waals surface area contributed by atoms with Crippen LogP contribution < -0.4 is 5.32 Å². The summed E-state index contributed by atoms with van der Waals surface area (Å²) in [7, 11) is 0. The van der Waals surface area contributed by atoms with Crippen molar-refractivity contribution in [2.24, 2.45) is 0 Å². The zero-order valence-corrected chi connectivity index (χ0v) is 9.95. The smallest absolute Gasteiger partial charge is 0.0454 e. The van der Waals surface area contributed by atoms with E-state index in [1.54, 1.807) is 0 Å². The maximum atomic E-state index is 3.63. The summed E-state index contributed by atoms with van der Waals surface area (Å²) < 4.78 is 0. The zero-order chi connectivity index (χ0) is 11.5. The Balaban J connectivity index is 1.65. The minimum atomic E-state index is 0.655. The molecule has 1 aromatic heterocycles. The van der Waals surface area contributed by atoms with Gasteiger partial charge in [0.05, 0.1) is 0 Å². The monoisotopic (exact) mass is 226 g/mol. The van der Waals surface area contributed by atoms with Crippen molar-refractivity contribution in [2.45, 2.75) is 31.8 Å². The van der Waals surface area contributed by atoms with Crippen LogP contribution in [0, 0.1) is 0 Å². The Morgan fingerprint density at radius 2 is 2.24 bits per heavy atom. The summed E-state index contributed by atoms with van der Waals surface area (Å²) in [6, 6.07) is 9.40. The van der Waals surface area contributed by atoms with Gasteiger partial charge in [-0.25, -0.2) is 0 Å². The second-order valence-corrected chi connectivity index (χ2v) is 4.76. The molecular weight excluding hydrogens is 208 g/mol. The van der Waals surface area contributed by atoms with Gasteiger partial charge in [-0.2, -0.15) is 0 Å². The molecule has 2 aromatic rings. The molecule has 17 heavy (non-hydrogen) atoms. The first-order chi connectivity index (χ1) is 8.42. The molecule has 2 nitrogen and oxygen atoms in total. The Labute approximate surface area is 102 Å². The first-order valence-corrected chi connectivity index (χ1v) is 6.36. The van der Waals surface area contributed by atoms with Crippen LogP contribution >= 0.6 is 0 Å². The number of fused-ring (bicyclic) bond motifs is 1. The molecule has 1 atom stereocenters. The van der Waals surface area contributed by atoms with Gasteiger partial charge in [0, 0.05) is 24.3 Å². The number of benzene rings is 1. The summed E-state index contributed by atoms with van der Waals surface area (Å²) in [5.74, 6) is 0. The lowest BCUT2D eigenvalue weighted by Gasteiger charge is -2.19. The predicted molar refractivity (Wildman–Crippen MR) is 71.9 cm³/mol. The number of allylic oxidation sites excluding steroid dienone is 1. The van der Waals surface area contributed by atoms with Crippen molar-refractivity contribution in [1.82, 2.24) is 10.3 Å². The highest BCUT2D eigenvalue weighted by Gasteiger charge is 2.08. The van der Waals surface area contributed by atoms with Crippen molar-refractivity contribution in [3.05, 3.63) is 48.2 Å². The molecule has 88 valence electrons. The number of aromatic amines is 1. The van der Waals surface area contributed by atoms with Crippen LogP contribution in [0.1, 0.15) is 24.8 Å². The molecule has 1 aliphatic rings. The minimum Gasteiger partial charge on any atom is -0.361 e. The molecule has 0 aliphatic heterocycles. The molecule has 0 bridgehead atoms. The Morgan fingerprint density at radius 3 is 3.12 bits per heavy atom. The van der Waals surface area contributed by atoms with E-state index in [9.17, 15) is 0 Å². The first kappa shape index (κ1) is 10.6. The molecule has 1 aromatic carbocycles. The van der Waals surface area contributed by atoms with Crippen molar-refractivity contribution in [1.29, 1.82) is 0 Å². The quantitative estimate of drug-likeness (QED) is 0.772. The van der Waals surface area contributed by atoms with E-state index in [0.717, 1.165) is 6.54 Å². The number of aromatic nitrogens is 1. The third-order valence-corrected chi connectivity index (χ3v) is 3.48. The Morgan fingerprint density at radius 1 is 1.24 bits per heavy atom. The van der Waals surface area contributed by atoms with Crippen molar-refractivity contribution in [3.63, 3.8) is 0 Å². The summed E-state index contributed by atoms with van der Waals surface area (Å²) in [6.45, 7) is 0.972. The molecule has 2 N–H and O–H groups in total. The Hall–Kier alpha value is -1.54. The summed E-state index contributed by atoms with van der Waals surface area (Å²) in [5.41, 5.74) is 2.58. The van der Waals surface area contributed by atoms with Gasteiger partial charge < -0.3 is 10.3 Å². The zero-order valence-electron chi connectivity index (χ0n) is 9.95. The molecule has 1 aliphatic carbocycles. The van der Waals surface area contributed by atoms with E-state index in [1.807, 2.05) is 6.20 Å². The minimum absolute atomic E-state index is 0.655. The molecule has 3 rings (SSSR count).